The second-order valence-corrected chi connectivity index (χ2v) is 8.67. The molecule has 0 fully saturated rings. The molecule has 1 amide bonds. The zero-order chi connectivity index (χ0) is 27.1. The predicted molar refractivity (Wildman–Crippen MR) is 136 cm³/mol. The zero-order valence-electron chi connectivity index (χ0n) is 20.9. The van der Waals surface area contributed by atoms with E-state index in [0.29, 0.717) is 22.4 Å². The Kier molecular flexibility index (Phi) is 8.94. The van der Waals surface area contributed by atoms with Crippen molar-refractivity contribution in [3.05, 3.63) is 94.3 Å². The summed E-state index contributed by atoms with van der Waals surface area (Å²) in [4.78, 5) is 42.1. The van der Waals surface area contributed by atoms with Gasteiger partial charge in [-0.1, -0.05) is 24.3 Å². The number of nitrogens with two attached hydrogens (primary N) is 1. The largest absolute Gasteiger partial charge is 0.497 e. The van der Waals surface area contributed by atoms with E-state index in [-0.39, 0.29) is 25.2 Å². The molecule has 0 aliphatic heterocycles. The summed E-state index contributed by atoms with van der Waals surface area (Å²) in [5, 5.41) is 20.0. The molecule has 4 N–H and O–H groups in total. The Morgan fingerprint density at radius 3 is 2.46 bits per heavy atom. The van der Waals surface area contributed by atoms with Gasteiger partial charge in [-0.2, -0.15) is 0 Å². The number of hydrogen-bond donors (Lipinski definition) is 3. The van der Waals surface area contributed by atoms with Crippen LogP contribution in [0.25, 0.3) is 0 Å². The Balaban J connectivity index is 1.86. The zero-order valence-corrected chi connectivity index (χ0v) is 20.9. The number of ether oxygens (including phenoxy) is 1. The Hall–Kier alpha value is -4.28. The highest BCUT2D eigenvalue weighted by Crippen LogP contribution is 2.26. The molecule has 0 spiro atoms. The summed E-state index contributed by atoms with van der Waals surface area (Å²) >= 11 is 0. The van der Waals surface area contributed by atoms with Crippen molar-refractivity contribution in [2.75, 3.05) is 13.7 Å². The number of aliphatic carboxylic acids is 1. The van der Waals surface area contributed by atoms with E-state index in [1.165, 1.54) is 18.5 Å². The van der Waals surface area contributed by atoms with Gasteiger partial charge in [-0.3, -0.25) is 24.5 Å². The van der Waals surface area contributed by atoms with Gasteiger partial charge in [0.15, 0.2) is 0 Å². The number of hydrazine groups is 1. The third-order valence-corrected chi connectivity index (χ3v) is 6.10. The second kappa shape index (κ2) is 12.1. The average Bonchev–Trinajstić information content (AvgIpc) is 2.87. The first-order valence-corrected chi connectivity index (χ1v) is 11.5. The number of methoxy groups -OCH3 is 1. The maximum atomic E-state index is 13.3. The van der Waals surface area contributed by atoms with Gasteiger partial charge in [-0.05, 0) is 60.4 Å². The number of aromatic nitrogens is 1. The lowest BCUT2D eigenvalue weighted by molar-refractivity contribution is -0.139. The van der Waals surface area contributed by atoms with E-state index in [0.717, 1.165) is 16.1 Å². The molecule has 0 aliphatic rings. The highest BCUT2D eigenvalue weighted by molar-refractivity contribution is 5.95. The number of pyridine rings is 1. The maximum absolute atomic E-state index is 13.3. The monoisotopic (exact) mass is 506 g/mol. The van der Waals surface area contributed by atoms with Crippen LogP contribution in [0.2, 0.25) is 0 Å². The normalized spacial score (nSPS) is 11.7. The number of hydrogen-bond acceptors (Lipinski definition) is 7. The smallest absolute Gasteiger partial charge is 0.335 e. The first-order valence-electron chi connectivity index (χ1n) is 11.5. The number of amides is 1. The Morgan fingerprint density at radius 2 is 1.81 bits per heavy atom. The van der Waals surface area contributed by atoms with Gasteiger partial charge in [-0.15, -0.1) is 0 Å². The van der Waals surface area contributed by atoms with Crippen LogP contribution in [0.4, 0.5) is 0 Å². The van der Waals surface area contributed by atoms with Crippen molar-refractivity contribution in [3.8, 4) is 5.75 Å². The highest BCUT2D eigenvalue weighted by atomic mass is 16.5. The Morgan fingerprint density at radius 1 is 1.05 bits per heavy atom. The van der Waals surface area contributed by atoms with E-state index in [4.69, 9.17) is 10.6 Å². The van der Waals surface area contributed by atoms with Gasteiger partial charge in [0.1, 0.15) is 5.75 Å². The molecule has 194 valence electrons. The number of benzene rings is 2. The molecular formula is C27H30N4O6. The molecule has 3 rings (SSSR count). The molecule has 37 heavy (non-hydrogen) atoms. The van der Waals surface area contributed by atoms with Crippen LogP contribution >= 0.6 is 0 Å². The molecule has 10 heteroatoms. The fourth-order valence-electron chi connectivity index (χ4n) is 4.08. The molecular weight excluding hydrogens is 476 g/mol. The first-order chi connectivity index (χ1) is 17.6. The van der Waals surface area contributed by atoms with Gasteiger partial charge in [-0.25, -0.2) is 10.6 Å². The summed E-state index contributed by atoms with van der Waals surface area (Å²) < 4.78 is 5.23. The van der Waals surface area contributed by atoms with Crippen molar-refractivity contribution in [1.29, 1.82) is 0 Å². The van der Waals surface area contributed by atoms with E-state index in [2.05, 4.69) is 4.98 Å². The van der Waals surface area contributed by atoms with Crippen LogP contribution in [0, 0.1) is 6.92 Å². The summed E-state index contributed by atoms with van der Waals surface area (Å²) in [6.07, 6.45) is 3.00. The molecule has 0 saturated heterocycles. The fraction of sp³-hybridized carbons (Fsp3) is 0.259. The van der Waals surface area contributed by atoms with Crippen LogP contribution in [0.3, 0.4) is 0 Å². The molecule has 0 unspecified atom stereocenters. The summed E-state index contributed by atoms with van der Waals surface area (Å²) in [6, 6.07) is 13.3. The molecule has 0 bridgehead atoms. The summed E-state index contributed by atoms with van der Waals surface area (Å²) in [5.74, 6) is 4.26. The topological polar surface area (TPSA) is 146 Å². The summed E-state index contributed by atoms with van der Waals surface area (Å²) in [7, 11) is 1.55. The van der Waals surface area contributed by atoms with Gasteiger partial charge in [0, 0.05) is 30.5 Å². The lowest BCUT2D eigenvalue weighted by Gasteiger charge is -2.29. The highest BCUT2D eigenvalue weighted by Gasteiger charge is 2.24. The molecule has 1 heterocycles. The van der Waals surface area contributed by atoms with Crippen molar-refractivity contribution in [1.82, 2.24) is 14.9 Å². The summed E-state index contributed by atoms with van der Waals surface area (Å²) in [5.41, 5.74) is 3.10. The van der Waals surface area contributed by atoms with E-state index >= 15 is 0 Å². The first kappa shape index (κ1) is 27.3. The van der Waals surface area contributed by atoms with E-state index < -0.39 is 23.9 Å². The lowest BCUT2D eigenvalue weighted by atomic mass is 9.99. The van der Waals surface area contributed by atoms with Gasteiger partial charge in [0.2, 0.25) is 0 Å². The number of nitrogens with zero attached hydrogens (tertiary/aromatic N) is 3. The molecule has 0 saturated carbocycles. The number of rotatable bonds is 11. The van der Waals surface area contributed by atoms with E-state index in [1.807, 2.05) is 13.0 Å². The standard InChI is InChI=1S/C27H30N4O6/c1-17-11-20(7-8-23(17)27(35)36)18(2)30(16-25(32)33)15-21-13-29-10-9-24(21)26(34)31(28)14-19-5-4-6-22(12-19)37-3/h4-13,18H,14-16,28H2,1-3H3,(H,32,33)(H,35,36)/t18-/m0/s1. The molecule has 0 aliphatic carbocycles. The van der Waals surface area contributed by atoms with Crippen molar-refractivity contribution in [3.63, 3.8) is 0 Å². The van der Waals surface area contributed by atoms with Crippen LogP contribution in [-0.2, 0) is 17.9 Å². The quantitative estimate of drug-likeness (QED) is 0.203. The van der Waals surface area contributed by atoms with Gasteiger partial charge in [0.25, 0.3) is 5.91 Å². The lowest BCUT2D eigenvalue weighted by Crippen LogP contribution is -2.38. The van der Waals surface area contributed by atoms with Crippen molar-refractivity contribution in [2.45, 2.75) is 33.0 Å². The van der Waals surface area contributed by atoms with Crippen LogP contribution < -0.4 is 10.6 Å². The number of carbonyl (C=O) groups is 3. The predicted octanol–water partition coefficient (Wildman–Crippen LogP) is 3.26. The van der Waals surface area contributed by atoms with E-state index in [9.17, 15) is 24.6 Å². The van der Waals surface area contributed by atoms with Crippen molar-refractivity contribution in [2.24, 2.45) is 5.84 Å². The number of aryl methyl sites for hydroxylation is 1. The minimum absolute atomic E-state index is 0.106. The number of carboxylic acids is 2. The van der Waals surface area contributed by atoms with Crippen LogP contribution in [0.1, 0.15) is 55.9 Å². The van der Waals surface area contributed by atoms with Crippen LogP contribution in [0.15, 0.2) is 60.9 Å². The fourth-order valence-corrected chi connectivity index (χ4v) is 4.08. The molecule has 1 atom stereocenters. The van der Waals surface area contributed by atoms with Crippen LogP contribution in [-0.4, -0.2) is 56.6 Å². The maximum Gasteiger partial charge on any atom is 0.335 e. The average molecular weight is 507 g/mol. The van der Waals surface area contributed by atoms with E-state index in [1.54, 1.807) is 55.3 Å². The van der Waals surface area contributed by atoms with Crippen molar-refractivity contribution < 1.29 is 29.3 Å². The third-order valence-electron chi connectivity index (χ3n) is 6.10. The Bertz CT molecular complexity index is 1300. The van der Waals surface area contributed by atoms with Crippen LogP contribution in [0.5, 0.6) is 5.75 Å². The number of carboxylic acid groups (broad SMARTS) is 2. The molecule has 0 radical (unpaired) electrons. The Labute approximate surface area is 214 Å². The van der Waals surface area contributed by atoms with Gasteiger partial charge < -0.3 is 14.9 Å². The molecule has 2 aromatic carbocycles. The minimum atomic E-state index is -1.04. The summed E-state index contributed by atoms with van der Waals surface area (Å²) in [6.45, 7) is 3.46. The van der Waals surface area contributed by atoms with Gasteiger partial charge in [0.05, 0.1) is 25.8 Å². The molecule has 10 nitrogen and oxygen atoms in total. The molecule has 3 aromatic rings. The number of aromatic carboxylic acids is 1. The SMILES string of the molecule is COc1cccc(CN(N)C(=O)c2ccncc2CN(CC(=O)O)[C@@H](C)c2ccc(C(=O)O)c(C)c2)c1. The van der Waals surface area contributed by atoms with Gasteiger partial charge >= 0.3 is 11.9 Å². The van der Waals surface area contributed by atoms with Crippen molar-refractivity contribution >= 4 is 17.8 Å². The second-order valence-electron chi connectivity index (χ2n) is 8.67. The number of carbonyl (C=O) groups excluding carboxylic acids is 1. The minimum Gasteiger partial charge on any atom is -0.497 e. The molecule has 1 aromatic heterocycles. The third kappa shape index (κ3) is 6.90.